The molecule has 0 spiro atoms. The Hall–Kier alpha value is -3.80. The topological polar surface area (TPSA) is 56.6 Å². The van der Waals surface area contributed by atoms with Crippen LogP contribution in [0, 0.1) is 0 Å². The van der Waals surface area contributed by atoms with Crippen LogP contribution in [0.3, 0.4) is 0 Å². The number of para-hydroxylation sites is 2. The van der Waals surface area contributed by atoms with E-state index in [4.69, 9.17) is 14.5 Å². The van der Waals surface area contributed by atoms with E-state index in [0.29, 0.717) is 19.5 Å². The first-order valence-electron chi connectivity index (χ1n) is 10.7. The van der Waals surface area contributed by atoms with Crippen molar-refractivity contribution in [1.82, 2.24) is 9.55 Å². The molecule has 32 heavy (non-hydrogen) atoms. The molecule has 5 rings (SSSR count). The van der Waals surface area contributed by atoms with Crippen LogP contribution in [0.5, 0.6) is 11.5 Å². The number of aromatic nitrogens is 2. The number of amides is 1. The number of ether oxygens (including phenoxy) is 2. The van der Waals surface area contributed by atoms with E-state index in [0.717, 1.165) is 39.6 Å². The molecule has 0 saturated carbocycles. The van der Waals surface area contributed by atoms with Crippen molar-refractivity contribution in [3.8, 4) is 11.5 Å². The van der Waals surface area contributed by atoms with Gasteiger partial charge in [0.05, 0.1) is 25.3 Å². The van der Waals surface area contributed by atoms with Gasteiger partial charge in [-0.1, -0.05) is 30.3 Å². The predicted molar refractivity (Wildman–Crippen MR) is 125 cm³/mol. The van der Waals surface area contributed by atoms with Crippen molar-refractivity contribution in [3.63, 3.8) is 0 Å². The average molecular weight is 428 g/mol. The number of fused-ring (bicyclic) bond motifs is 1. The van der Waals surface area contributed by atoms with Crippen LogP contribution in [0.15, 0.2) is 72.8 Å². The highest BCUT2D eigenvalue weighted by molar-refractivity contribution is 5.96. The first-order chi connectivity index (χ1) is 15.7. The van der Waals surface area contributed by atoms with Gasteiger partial charge in [-0.3, -0.25) is 4.79 Å². The molecule has 1 saturated heterocycles. The molecule has 0 unspecified atom stereocenters. The van der Waals surface area contributed by atoms with Crippen LogP contribution in [-0.4, -0.2) is 36.2 Å². The van der Waals surface area contributed by atoms with E-state index in [-0.39, 0.29) is 11.8 Å². The van der Waals surface area contributed by atoms with Crippen molar-refractivity contribution in [2.24, 2.45) is 0 Å². The number of nitrogens with zero attached hydrogens (tertiary/aromatic N) is 3. The summed E-state index contributed by atoms with van der Waals surface area (Å²) < 4.78 is 12.9. The van der Waals surface area contributed by atoms with Gasteiger partial charge in [0.1, 0.15) is 17.3 Å². The van der Waals surface area contributed by atoms with Gasteiger partial charge in [-0.15, -0.1) is 0 Å². The van der Waals surface area contributed by atoms with Crippen LogP contribution in [0.4, 0.5) is 5.69 Å². The number of carbonyl (C=O) groups excluding carboxylic acids is 1. The van der Waals surface area contributed by atoms with E-state index in [1.165, 1.54) is 0 Å². The van der Waals surface area contributed by atoms with Crippen LogP contribution in [0.1, 0.15) is 23.7 Å². The lowest BCUT2D eigenvalue weighted by molar-refractivity contribution is -0.117. The number of carbonyl (C=O) groups is 1. The Labute approximate surface area is 187 Å². The lowest BCUT2D eigenvalue weighted by Crippen LogP contribution is -2.24. The summed E-state index contributed by atoms with van der Waals surface area (Å²) in [7, 11) is 3.30. The minimum absolute atomic E-state index is 0.0133. The normalized spacial score (nSPS) is 16.0. The maximum Gasteiger partial charge on any atom is 0.227 e. The summed E-state index contributed by atoms with van der Waals surface area (Å²) in [6.07, 6.45) is 0.434. The van der Waals surface area contributed by atoms with Gasteiger partial charge in [-0.25, -0.2) is 4.98 Å². The first-order valence-corrected chi connectivity index (χ1v) is 10.7. The molecule has 1 aliphatic rings. The lowest BCUT2D eigenvalue weighted by atomic mass is 10.1. The second-order valence-corrected chi connectivity index (χ2v) is 8.00. The molecule has 1 amide bonds. The Morgan fingerprint density at radius 1 is 0.938 bits per heavy atom. The zero-order valence-corrected chi connectivity index (χ0v) is 18.2. The summed E-state index contributed by atoms with van der Waals surface area (Å²) in [5, 5.41) is 0. The van der Waals surface area contributed by atoms with Crippen molar-refractivity contribution in [1.29, 1.82) is 0 Å². The van der Waals surface area contributed by atoms with Gasteiger partial charge in [0, 0.05) is 37.2 Å². The molecular formula is C26H25N3O3. The zero-order valence-electron chi connectivity index (χ0n) is 18.2. The molecule has 2 heterocycles. The monoisotopic (exact) mass is 427 g/mol. The largest absolute Gasteiger partial charge is 0.497 e. The molecule has 1 aromatic heterocycles. The van der Waals surface area contributed by atoms with Gasteiger partial charge < -0.3 is 18.9 Å². The van der Waals surface area contributed by atoms with Gasteiger partial charge >= 0.3 is 0 Å². The number of benzene rings is 3. The van der Waals surface area contributed by atoms with E-state index < -0.39 is 0 Å². The van der Waals surface area contributed by atoms with E-state index >= 15 is 0 Å². The molecule has 3 aromatic carbocycles. The van der Waals surface area contributed by atoms with Gasteiger partial charge in [-0.2, -0.15) is 0 Å². The van der Waals surface area contributed by atoms with E-state index in [9.17, 15) is 4.79 Å². The summed E-state index contributed by atoms with van der Waals surface area (Å²) in [5.74, 6) is 2.64. The number of methoxy groups -OCH3 is 2. The van der Waals surface area contributed by atoms with Crippen molar-refractivity contribution < 1.29 is 14.3 Å². The molecule has 0 bridgehead atoms. The SMILES string of the molecule is COc1ccc(Cn2c([C@@H]3CC(=O)N(c4cccc(OC)c4)C3)nc3ccccc32)cc1. The standard InChI is InChI=1S/C26H25N3O3/c1-31-21-12-10-18(11-13-21)16-29-24-9-4-3-8-23(24)27-26(29)19-14-25(30)28(17-19)20-6-5-7-22(15-20)32-2/h3-13,15,19H,14,16-17H2,1-2H3/t19-/m1/s1. The molecule has 4 aromatic rings. The molecular weight excluding hydrogens is 402 g/mol. The highest BCUT2D eigenvalue weighted by Gasteiger charge is 2.35. The highest BCUT2D eigenvalue weighted by Crippen LogP contribution is 2.34. The average Bonchev–Trinajstić information content (AvgIpc) is 3.40. The van der Waals surface area contributed by atoms with Gasteiger partial charge in [-0.05, 0) is 42.0 Å². The summed E-state index contributed by atoms with van der Waals surface area (Å²) >= 11 is 0. The van der Waals surface area contributed by atoms with Crippen LogP contribution in [0.25, 0.3) is 11.0 Å². The molecule has 6 nitrogen and oxygen atoms in total. The number of hydrogen-bond acceptors (Lipinski definition) is 4. The van der Waals surface area contributed by atoms with Crippen molar-refractivity contribution in [2.45, 2.75) is 18.9 Å². The number of rotatable bonds is 6. The van der Waals surface area contributed by atoms with Crippen LogP contribution >= 0.6 is 0 Å². The molecule has 0 aliphatic carbocycles. The zero-order chi connectivity index (χ0) is 22.1. The summed E-state index contributed by atoms with van der Waals surface area (Å²) in [6, 6.07) is 23.9. The minimum Gasteiger partial charge on any atom is -0.497 e. The Morgan fingerprint density at radius 2 is 1.72 bits per heavy atom. The third kappa shape index (κ3) is 3.68. The highest BCUT2D eigenvalue weighted by atomic mass is 16.5. The molecule has 6 heteroatoms. The minimum atomic E-state index is 0.0133. The van der Waals surface area contributed by atoms with E-state index in [1.807, 2.05) is 59.5 Å². The third-order valence-corrected chi connectivity index (χ3v) is 6.04. The first kappa shape index (κ1) is 20.1. The van der Waals surface area contributed by atoms with Crippen molar-refractivity contribution >= 4 is 22.6 Å². The fourth-order valence-electron chi connectivity index (χ4n) is 4.39. The maximum atomic E-state index is 12.9. The molecule has 1 atom stereocenters. The summed E-state index contributed by atoms with van der Waals surface area (Å²) in [6.45, 7) is 1.28. The fraction of sp³-hybridized carbons (Fsp3) is 0.231. The quantitative estimate of drug-likeness (QED) is 0.451. The molecule has 1 fully saturated rings. The predicted octanol–water partition coefficient (Wildman–Crippen LogP) is 4.62. The smallest absolute Gasteiger partial charge is 0.227 e. The Kier molecular flexibility index (Phi) is 5.27. The Morgan fingerprint density at radius 3 is 2.50 bits per heavy atom. The van der Waals surface area contributed by atoms with Crippen molar-refractivity contribution in [3.05, 3.63) is 84.2 Å². The number of imidazole rings is 1. The van der Waals surface area contributed by atoms with Crippen LogP contribution in [0.2, 0.25) is 0 Å². The summed E-state index contributed by atoms with van der Waals surface area (Å²) in [4.78, 5) is 19.7. The van der Waals surface area contributed by atoms with Gasteiger partial charge in [0.25, 0.3) is 0 Å². The third-order valence-electron chi connectivity index (χ3n) is 6.04. The second kappa shape index (κ2) is 8.38. The molecule has 0 N–H and O–H groups in total. The van der Waals surface area contributed by atoms with E-state index in [2.05, 4.69) is 22.8 Å². The lowest BCUT2D eigenvalue weighted by Gasteiger charge is -2.18. The van der Waals surface area contributed by atoms with Crippen molar-refractivity contribution in [2.75, 3.05) is 25.7 Å². The van der Waals surface area contributed by atoms with Crippen LogP contribution in [-0.2, 0) is 11.3 Å². The Bertz CT molecular complexity index is 1260. The maximum absolute atomic E-state index is 12.9. The van der Waals surface area contributed by atoms with Crippen LogP contribution < -0.4 is 14.4 Å². The number of hydrogen-bond donors (Lipinski definition) is 0. The van der Waals surface area contributed by atoms with Gasteiger partial charge in [0.2, 0.25) is 5.91 Å². The molecule has 0 radical (unpaired) electrons. The molecule has 1 aliphatic heterocycles. The van der Waals surface area contributed by atoms with Gasteiger partial charge in [0.15, 0.2) is 0 Å². The Balaban J connectivity index is 1.49. The summed E-state index contributed by atoms with van der Waals surface area (Å²) in [5.41, 5.74) is 4.03. The number of anilines is 1. The second-order valence-electron chi connectivity index (χ2n) is 8.00. The fourth-order valence-corrected chi connectivity index (χ4v) is 4.39. The van der Waals surface area contributed by atoms with E-state index in [1.54, 1.807) is 14.2 Å². The molecule has 162 valence electrons.